The Labute approximate surface area is 179 Å². The molecule has 3 rings (SSSR count). The molecule has 0 aliphatic rings. The van der Waals surface area contributed by atoms with Crippen LogP contribution in [0.15, 0.2) is 58.2 Å². The van der Waals surface area contributed by atoms with E-state index < -0.39 is 0 Å². The number of hydrogen-bond acceptors (Lipinski definition) is 5. The highest BCUT2D eigenvalue weighted by atomic mass is 79.9. The summed E-state index contributed by atoms with van der Waals surface area (Å²) in [5.41, 5.74) is 1.16. The minimum absolute atomic E-state index is 0.0121. The zero-order chi connectivity index (χ0) is 20.1. The molecule has 0 atom stereocenters. The van der Waals surface area contributed by atoms with Crippen molar-refractivity contribution in [3.8, 4) is 0 Å². The highest BCUT2D eigenvalue weighted by Gasteiger charge is 2.14. The second-order valence-electron chi connectivity index (χ2n) is 5.87. The van der Waals surface area contributed by atoms with Crippen molar-refractivity contribution in [2.75, 3.05) is 5.75 Å². The molecular weight excluding hydrogens is 464 g/mol. The SMILES string of the molecule is Cn1c(CNC(=O)c2ccc(Cl)cc2)nnc1SCC(=O)c1ccc(Br)cc1. The lowest BCUT2D eigenvalue weighted by Gasteiger charge is -2.06. The van der Waals surface area contributed by atoms with Gasteiger partial charge in [0.05, 0.1) is 12.3 Å². The molecule has 0 fully saturated rings. The highest BCUT2D eigenvalue weighted by molar-refractivity contribution is 9.10. The van der Waals surface area contributed by atoms with Crippen LogP contribution in [0.5, 0.6) is 0 Å². The number of amides is 1. The molecule has 6 nitrogen and oxygen atoms in total. The number of benzene rings is 2. The molecule has 144 valence electrons. The molecule has 2 aromatic carbocycles. The first kappa shape index (κ1) is 20.6. The topological polar surface area (TPSA) is 76.9 Å². The molecule has 0 saturated heterocycles. The lowest BCUT2D eigenvalue weighted by molar-refractivity contribution is 0.0948. The second kappa shape index (κ2) is 9.36. The molecule has 0 bridgehead atoms. The van der Waals surface area contributed by atoms with Crippen molar-refractivity contribution in [2.45, 2.75) is 11.7 Å². The zero-order valence-corrected chi connectivity index (χ0v) is 18.0. The van der Waals surface area contributed by atoms with E-state index in [-0.39, 0.29) is 24.0 Å². The third kappa shape index (κ3) is 5.21. The first-order valence-corrected chi connectivity index (χ1v) is 10.4. The van der Waals surface area contributed by atoms with Crippen LogP contribution in [0.1, 0.15) is 26.5 Å². The molecule has 28 heavy (non-hydrogen) atoms. The first-order valence-electron chi connectivity index (χ1n) is 8.27. The van der Waals surface area contributed by atoms with Crippen LogP contribution in [-0.4, -0.2) is 32.2 Å². The maximum absolute atomic E-state index is 12.3. The van der Waals surface area contributed by atoms with E-state index in [1.807, 2.05) is 12.1 Å². The zero-order valence-electron chi connectivity index (χ0n) is 14.9. The normalized spacial score (nSPS) is 10.7. The Hall–Kier alpha value is -2.16. The van der Waals surface area contributed by atoms with E-state index in [4.69, 9.17) is 11.6 Å². The van der Waals surface area contributed by atoms with E-state index in [0.29, 0.717) is 27.1 Å². The van der Waals surface area contributed by atoms with Crippen LogP contribution in [0.25, 0.3) is 0 Å². The van der Waals surface area contributed by atoms with Gasteiger partial charge >= 0.3 is 0 Å². The summed E-state index contributed by atoms with van der Waals surface area (Å²) in [6.07, 6.45) is 0. The number of Topliss-reactive ketones (excluding diaryl/α,β-unsaturated/α-hetero) is 1. The number of ketones is 1. The van der Waals surface area contributed by atoms with E-state index in [1.165, 1.54) is 11.8 Å². The second-order valence-corrected chi connectivity index (χ2v) is 8.16. The summed E-state index contributed by atoms with van der Waals surface area (Å²) in [7, 11) is 1.80. The fourth-order valence-corrected chi connectivity index (χ4v) is 3.55. The Kier molecular flexibility index (Phi) is 6.88. The molecule has 0 aliphatic heterocycles. The van der Waals surface area contributed by atoms with Crippen LogP contribution in [0.2, 0.25) is 5.02 Å². The van der Waals surface area contributed by atoms with Crippen molar-refractivity contribution in [1.29, 1.82) is 0 Å². The van der Waals surface area contributed by atoms with Crippen molar-refractivity contribution < 1.29 is 9.59 Å². The van der Waals surface area contributed by atoms with Gasteiger partial charge in [-0.25, -0.2) is 0 Å². The average Bonchev–Trinajstić information content (AvgIpc) is 3.05. The largest absolute Gasteiger partial charge is 0.345 e. The number of rotatable bonds is 7. The number of thioether (sulfide) groups is 1. The summed E-state index contributed by atoms with van der Waals surface area (Å²) in [5, 5.41) is 12.2. The van der Waals surface area contributed by atoms with Crippen molar-refractivity contribution >= 4 is 51.0 Å². The predicted octanol–water partition coefficient (Wildman–Crippen LogP) is 4.14. The van der Waals surface area contributed by atoms with Crippen LogP contribution >= 0.6 is 39.3 Å². The van der Waals surface area contributed by atoms with Gasteiger partial charge in [0.15, 0.2) is 16.8 Å². The molecule has 9 heteroatoms. The molecule has 0 saturated carbocycles. The van der Waals surface area contributed by atoms with Gasteiger partial charge in [0.2, 0.25) is 0 Å². The number of carbonyl (C=O) groups excluding carboxylic acids is 2. The molecule has 0 radical (unpaired) electrons. The fraction of sp³-hybridized carbons (Fsp3) is 0.158. The van der Waals surface area contributed by atoms with Crippen LogP contribution in [-0.2, 0) is 13.6 Å². The first-order chi connectivity index (χ1) is 13.4. The summed E-state index contributed by atoms with van der Waals surface area (Å²) < 4.78 is 2.69. The molecule has 1 heterocycles. The summed E-state index contributed by atoms with van der Waals surface area (Å²) in [4.78, 5) is 24.5. The molecule has 1 amide bonds. The molecule has 0 unspecified atom stereocenters. The van der Waals surface area contributed by atoms with E-state index in [2.05, 4.69) is 31.4 Å². The number of carbonyl (C=O) groups is 2. The van der Waals surface area contributed by atoms with Gasteiger partial charge in [-0.05, 0) is 36.4 Å². The third-order valence-corrected chi connectivity index (χ3v) is 5.74. The van der Waals surface area contributed by atoms with Gasteiger partial charge in [0, 0.05) is 27.7 Å². The van der Waals surface area contributed by atoms with Crippen molar-refractivity contribution in [3.05, 3.63) is 75.0 Å². The van der Waals surface area contributed by atoms with E-state index >= 15 is 0 Å². The Morgan fingerprint density at radius 3 is 2.39 bits per heavy atom. The Morgan fingerprint density at radius 1 is 1.07 bits per heavy atom. The highest BCUT2D eigenvalue weighted by Crippen LogP contribution is 2.19. The lowest BCUT2D eigenvalue weighted by Crippen LogP contribution is -2.24. The van der Waals surface area contributed by atoms with Gasteiger partial charge in [-0.3, -0.25) is 9.59 Å². The third-order valence-electron chi connectivity index (χ3n) is 3.94. The van der Waals surface area contributed by atoms with Gasteiger partial charge in [0.25, 0.3) is 5.91 Å². The van der Waals surface area contributed by atoms with E-state index in [0.717, 1.165) is 4.47 Å². The summed E-state index contributed by atoms with van der Waals surface area (Å²) in [5.74, 6) is 0.642. The van der Waals surface area contributed by atoms with E-state index in [9.17, 15) is 9.59 Å². The maximum atomic E-state index is 12.3. The summed E-state index contributed by atoms with van der Waals surface area (Å²) in [6, 6.07) is 13.9. The average molecular weight is 480 g/mol. The molecule has 0 spiro atoms. The van der Waals surface area contributed by atoms with Crippen LogP contribution in [0, 0.1) is 0 Å². The minimum Gasteiger partial charge on any atom is -0.345 e. The minimum atomic E-state index is -0.223. The van der Waals surface area contributed by atoms with Gasteiger partial charge < -0.3 is 9.88 Å². The summed E-state index contributed by atoms with van der Waals surface area (Å²) >= 11 is 10.5. The number of aromatic nitrogens is 3. The van der Waals surface area contributed by atoms with Gasteiger partial charge in [0.1, 0.15) is 0 Å². The van der Waals surface area contributed by atoms with Gasteiger partial charge in [-0.2, -0.15) is 0 Å². The number of nitrogens with zero attached hydrogens (tertiary/aromatic N) is 3. The monoisotopic (exact) mass is 478 g/mol. The predicted molar refractivity (Wildman–Crippen MR) is 113 cm³/mol. The Bertz CT molecular complexity index is 911. The Balaban J connectivity index is 1.56. The quantitative estimate of drug-likeness (QED) is 0.407. The molecule has 3 aromatic rings. The fourth-order valence-electron chi connectivity index (χ4n) is 2.34. The van der Waals surface area contributed by atoms with Crippen LogP contribution in [0.4, 0.5) is 0 Å². The summed E-state index contributed by atoms with van der Waals surface area (Å²) in [6.45, 7) is 0.228. The van der Waals surface area contributed by atoms with Crippen molar-refractivity contribution in [1.82, 2.24) is 20.1 Å². The van der Waals surface area contributed by atoms with Crippen LogP contribution < -0.4 is 5.32 Å². The number of nitrogens with one attached hydrogen (secondary N) is 1. The number of halogens is 2. The van der Waals surface area contributed by atoms with Gasteiger partial charge in [-0.15, -0.1) is 10.2 Å². The standard InChI is InChI=1S/C19H16BrClN4O2S/c1-25-17(10-22-18(27)13-4-8-15(21)9-5-13)23-24-19(25)28-11-16(26)12-2-6-14(20)7-3-12/h2-9H,10-11H2,1H3,(H,22,27). The van der Waals surface area contributed by atoms with Crippen molar-refractivity contribution in [2.24, 2.45) is 7.05 Å². The van der Waals surface area contributed by atoms with E-state index in [1.54, 1.807) is 48.0 Å². The molecule has 1 aromatic heterocycles. The van der Waals surface area contributed by atoms with Crippen molar-refractivity contribution in [3.63, 3.8) is 0 Å². The molecular formula is C19H16BrClN4O2S. The maximum Gasteiger partial charge on any atom is 0.251 e. The lowest BCUT2D eigenvalue weighted by atomic mass is 10.2. The van der Waals surface area contributed by atoms with Crippen LogP contribution in [0.3, 0.4) is 0 Å². The molecule has 1 N–H and O–H groups in total. The smallest absolute Gasteiger partial charge is 0.251 e. The van der Waals surface area contributed by atoms with Gasteiger partial charge in [-0.1, -0.05) is 51.4 Å². The molecule has 0 aliphatic carbocycles. The number of hydrogen-bond donors (Lipinski definition) is 1. The Morgan fingerprint density at radius 2 is 1.71 bits per heavy atom.